The number of nitrogens with zero attached hydrogens (tertiary/aromatic N) is 1. The number of hydrogen-bond acceptors (Lipinski definition) is 2. The van der Waals surface area contributed by atoms with Gasteiger partial charge in [0, 0.05) is 18.6 Å². The van der Waals surface area contributed by atoms with E-state index in [-0.39, 0.29) is 0 Å². The number of likely N-dealkylation sites (N-methyl/N-ethyl adjacent to an activating group) is 1. The highest BCUT2D eigenvalue weighted by molar-refractivity contribution is 5.34. The molecule has 1 N–H and O–H groups in total. The van der Waals surface area contributed by atoms with Gasteiger partial charge in [-0.3, -0.25) is 4.90 Å². The van der Waals surface area contributed by atoms with Crippen molar-refractivity contribution in [2.45, 2.75) is 31.5 Å². The van der Waals surface area contributed by atoms with E-state index in [4.69, 9.17) is 0 Å². The summed E-state index contributed by atoms with van der Waals surface area (Å²) in [5.41, 5.74) is 3.03. The van der Waals surface area contributed by atoms with Crippen LogP contribution in [0, 0.1) is 0 Å². The molecule has 0 spiro atoms. The number of benzene rings is 1. The molecule has 2 nitrogen and oxygen atoms in total. The van der Waals surface area contributed by atoms with Crippen LogP contribution in [0.5, 0.6) is 0 Å². The molecule has 15 heavy (non-hydrogen) atoms. The molecule has 2 aliphatic heterocycles. The van der Waals surface area contributed by atoms with Crippen LogP contribution in [0.25, 0.3) is 0 Å². The maximum atomic E-state index is 3.49. The molecular weight excluding hydrogens is 184 g/mol. The van der Waals surface area contributed by atoms with Gasteiger partial charge < -0.3 is 5.32 Å². The Hall–Kier alpha value is -0.860. The third-order valence-electron chi connectivity index (χ3n) is 3.87. The van der Waals surface area contributed by atoms with Gasteiger partial charge >= 0.3 is 0 Å². The van der Waals surface area contributed by atoms with Gasteiger partial charge in [-0.25, -0.2) is 0 Å². The Morgan fingerprint density at radius 1 is 1.33 bits per heavy atom. The van der Waals surface area contributed by atoms with Crippen LogP contribution in [0.4, 0.5) is 0 Å². The molecule has 1 fully saturated rings. The first-order valence-electron chi connectivity index (χ1n) is 5.89. The molecule has 0 amide bonds. The standard InChI is InChI=1S/C13H18N2/c1-14-13-11-6-3-2-5-10(11)9-15-8-4-7-12(13)15/h2-3,5-6,12-14H,4,7-9H2,1H3/t12-,13+/m0/s1. The van der Waals surface area contributed by atoms with Gasteiger partial charge in [0.25, 0.3) is 0 Å². The minimum absolute atomic E-state index is 0.539. The molecule has 0 bridgehead atoms. The molecule has 2 heterocycles. The number of rotatable bonds is 1. The Bertz CT molecular complexity index is 361. The Morgan fingerprint density at radius 2 is 2.20 bits per heavy atom. The maximum Gasteiger partial charge on any atom is 0.0479 e. The van der Waals surface area contributed by atoms with Crippen LogP contribution in [0.1, 0.15) is 30.0 Å². The lowest BCUT2D eigenvalue weighted by Crippen LogP contribution is -2.43. The van der Waals surface area contributed by atoms with Crippen molar-refractivity contribution in [3.05, 3.63) is 35.4 Å². The second kappa shape index (κ2) is 3.62. The van der Waals surface area contributed by atoms with Crippen molar-refractivity contribution in [1.29, 1.82) is 0 Å². The summed E-state index contributed by atoms with van der Waals surface area (Å²) in [5, 5.41) is 3.49. The molecule has 0 saturated carbocycles. The lowest BCUT2D eigenvalue weighted by molar-refractivity contribution is 0.183. The van der Waals surface area contributed by atoms with E-state index in [1.54, 1.807) is 0 Å². The molecule has 0 unspecified atom stereocenters. The molecule has 80 valence electrons. The fourth-order valence-corrected chi connectivity index (χ4v) is 3.18. The SMILES string of the molecule is CN[C@@H]1c2ccccc2CN2CCC[C@@H]12. The van der Waals surface area contributed by atoms with Crippen LogP contribution in [0.3, 0.4) is 0 Å². The largest absolute Gasteiger partial charge is 0.312 e. The molecule has 1 aromatic rings. The zero-order valence-corrected chi connectivity index (χ0v) is 9.24. The van der Waals surface area contributed by atoms with Crippen molar-refractivity contribution in [3.63, 3.8) is 0 Å². The van der Waals surface area contributed by atoms with Gasteiger partial charge in [-0.1, -0.05) is 24.3 Å². The highest BCUT2D eigenvalue weighted by atomic mass is 15.2. The predicted octanol–water partition coefficient (Wildman–Crippen LogP) is 1.93. The van der Waals surface area contributed by atoms with Crippen LogP contribution in [-0.2, 0) is 6.54 Å². The lowest BCUT2D eigenvalue weighted by atomic mass is 9.89. The molecule has 1 aromatic carbocycles. The molecule has 2 atom stereocenters. The van der Waals surface area contributed by atoms with Gasteiger partial charge in [-0.15, -0.1) is 0 Å². The smallest absolute Gasteiger partial charge is 0.0479 e. The summed E-state index contributed by atoms with van der Waals surface area (Å²) in [6.45, 7) is 2.43. The van der Waals surface area contributed by atoms with Crippen molar-refractivity contribution >= 4 is 0 Å². The third kappa shape index (κ3) is 1.40. The molecule has 0 aromatic heterocycles. The van der Waals surface area contributed by atoms with Crippen LogP contribution >= 0.6 is 0 Å². The Labute approximate surface area is 91.3 Å². The molecular formula is C13H18N2. The van der Waals surface area contributed by atoms with Crippen LogP contribution in [-0.4, -0.2) is 24.5 Å². The van der Waals surface area contributed by atoms with E-state index in [2.05, 4.69) is 41.5 Å². The van der Waals surface area contributed by atoms with E-state index in [0.717, 1.165) is 12.6 Å². The summed E-state index contributed by atoms with van der Waals surface area (Å²) < 4.78 is 0. The Kier molecular flexibility index (Phi) is 2.26. The second-order valence-corrected chi connectivity index (χ2v) is 4.65. The fraction of sp³-hybridized carbons (Fsp3) is 0.538. The molecule has 0 radical (unpaired) electrons. The third-order valence-corrected chi connectivity index (χ3v) is 3.87. The second-order valence-electron chi connectivity index (χ2n) is 4.65. The minimum atomic E-state index is 0.539. The average Bonchev–Trinajstić information content (AvgIpc) is 2.73. The highest BCUT2D eigenvalue weighted by Gasteiger charge is 2.36. The van der Waals surface area contributed by atoms with Crippen molar-refractivity contribution in [2.75, 3.05) is 13.6 Å². The zero-order valence-electron chi connectivity index (χ0n) is 9.24. The van der Waals surface area contributed by atoms with Crippen molar-refractivity contribution < 1.29 is 0 Å². The normalized spacial score (nSPS) is 29.9. The number of hydrogen-bond donors (Lipinski definition) is 1. The van der Waals surface area contributed by atoms with Crippen molar-refractivity contribution in [1.82, 2.24) is 10.2 Å². The first-order valence-corrected chi connectivity index (χ1v) is 5.89. The summed E-state index contributed by atoms with van der Waals surface area (Å²) in [6, 6.07) is 10.1. The summed E-state index contributed by atoms with van der Waals surface area (Å²) in [4.78, 5) is 2.63. The molecule has 3 rings (SSSR count). The van der Waals surface area contributed by atoms with Gasteiger partial charge in [-0.05, 0) is 37.6 Å². The van der Waals surface area contributed by atoms with E-state index in [1.165, 1.54) is 30.5 Å². The summed E-state index contributed by atoms with van der Waals surface area (Å²) in [6.07, 6.45) is 2.71. The van der Waals surface area contributed by atoms with Gasteiger partial charge in [0.2, 0.25) is 0 Å². The number of nitrogens with one attached hydrogen (secondary N) is 1. The van der Waals surface area contributed by atoms with Crippen molar-refractivity contribution in [2.24, 2.45) is 0 Å². The van der Waals surface area contributed by atoms with Gasteiger partial charge in [0.1, 0.15) is 0 Å². The monoisotopic (exact) mass is 202 g/mol. The van der Waals surface area contributed by atoms with E-state index < -0.39 is 0 Å². The number of fused-ring (bicyclic) bond motifs is 2. The van der Waals surface area contributed by atoms with Crippen LogP contribution in [0.15, 0.2) is 24.3 Å². The Morgan fingerprint density at radius 3 is 3.07 bits per heavy atom. The molecule has 2 heteroatoms. The molecule has 1 saturated heterocycles. The Balaban J connectivity index is 2.03. The van der Waals surface area contributed by atoms with Gasteiger partial charge in [0.15, 0.2) is 0 Å². The summed E-state index contributed by atoms with van der Waals surface area (Å²) >= 11 is 0. The lowest BCUT2D eigenvalue weighted by Gasteiger charge is -2.38. The van der Waals surface area contributed by atoms with E-state index >= 15 is 0 Å². The van der Waals surface area contributed by atoms with Crippen LogP contribution in [0.2, 0.25) is 0 Å². The maximum absolute atomic E-state index is 3.49. The first kappa shape index (κ1) is 9.37. The first-order chi connectivity index (χ1) is 7.40. The van der Waals surface area contributed by atoms with Crippen LogP contribution < -0.4 is 5.32 Å². The van der Waals surface area contributed by atoms with E-state index in [0.29, 0.717) is 6.04 Å². The average molecular weight is 202 g/mol. The fourth-order valence-electron chi connectivity index (χ4n) is 3.18. The topological polar surface area (TPSA) is 15.3 Å². The zero-order chi connectivity index (χ0) is 10.3. The molecule has 0 aliphatic carbocycles. The summed E-state index contributed by atoms with van der Waals surface area (Å²) in [5.74, 6) is 0. The van der Waals surface area contributed by atoms with Crippen molar-refractivity contribution in [3.8, 4) is 0 Å². The van der Waals surface area contributed by atoms with E-state index in [1.807, 2.05) is 0 Å². The van der Waals surface area contributed by atoms with E-state index in [9.17, 15) is 0 Å². The highest BCUT2D eigenvalue weighted by Crippen LogP contribution is 2.36. The van der Waals surface area contributed by atoms with Gasteiger partial charge in [0.05, 0.1) is 0 Å². The molecule has 2 aliphatic rings. The summed E-state index contributed by atoms with van der Waals surface area (Å²) in [7, 11) is 2.09. The predicted molar refractivity (Wildman–Crippen MR) is 61.7 cm³/mol. The van der Waals surface area contributed by atoms with Gasteiger partial charge in [-0.2, -0.15) is 0 Å². The quantitative estimate of drug-likeness (QED) is 0.748. The minimum Gasteiger partial charge on any atom is -0.312 e.